The molecule has 0 radical (unpaired) electrons. The first kappa shape index (κ1) is 14.9. The third-order valence-electron chi connectivity index (χ3n) is 3.34. The minimum atomic E-state index is -3.93. The Hall–Kier alpha value is -1.48. The van der Waals surface area contributed by atoms with Gasteiger partial charge < -0.3 is 14.9 Å². The lowest BCUT2D eigenvalue weighted by Gasteiger charge is -2.37. The number of rotatable bonds is 2. The molecule has 0 saturated carbocycles. The van der Waals surface area contributed by atoms with Gasteiger partial charge in [0.25, 0.3) is 0 Å². The van der Waals surface area contributed by atoms with E-state index in [2.05, 4.69) is 4.74 Å². The number of nitrogens with zero attached hydrogens (tertiary/aromatic N) is 1. The van der Waals surface area contributed by atoms with Gasteiger partial charge in [0.15, 0.2) is 0 Å². The number of aliphatic hydroxyl groups is 2. The summed E-state index contributed by atoms with van der Waals surface area (Å²) >= 11 is 0. The van der Waals surface area contributed by atoms with Gasteiger partial charge in [-0.1, -0.05) is 12.1 Å². The number of carbonyl (C=O) groups excluding carboxylic acids is 1. The van der Waals surface area contributed by atoms with Gasteiger partial charge in [0, 0.05) is 19.2 Å². The Morgan fingerprint density at radius 3 is 2.70 bits per heavy atom. The zero-order valence-corrected chi connectivity index (χ0v) is 11.8. The van der Waals surface area contributed by atoms with Crippen molar-refractivity contribution in [3.05, 3.63) is 29.3 Å². The standard InChI is InChI=1S/C12H15NO6S/c1-13-6-12(16,7-14)9-5-3-4-8(11(15)19-2)10(9)20(13,17)18/h3-5,14,16H,6-7H2,1-2H3. The van der Waals surface area contributed by atoms with Gasteiger partial charge in [-0.15, -0.1) is 0 Å². The number of carbonyl (C=O) groups is 1. The number of sulfonamides is 1. The molecule has 2 rings (SSSR count). The Bertz CT molecular complexity index is 656. The number of aliphatic hydroxyl groups excluding tert-OH is 1. The lowest BCUT2D eigenvalue weighted by molar-refractivity contribution is -0.0347. The van der Waals surface area contributed by atoms with E-state index in [0.717, 1.165) is 11.4 Å². The van der Waals surface area contributed by atoms with Gasteiger partial charge >= 0.3 is 5.97 Å². The second kappa shape index (κ2) is 4.81. The highest BCUT2D eigenvalue weighted by Crippen LogP contribution is 2.37. The topological polar surface area (TPSA) is 104 Å². The third kappa shape index (κ3) is 2.01. The van der Waals surface area contributed by atoms with Gasteiger partial charge in [-0.25, -0.2) is 13.2 Å². The molecule has 20 heavy (non-hydrogen) atoms. The number of methoxy groups -OCH3 is 1. The number of esters is 1. The quantitative estimate of drug-likeness (QED) is 0.699. The summed E-state index contributed by atoms with van der Waals surface area (Å²) in [6.07, 6.45) is 0. The highest BCUT2D eigenvalue weighted by molar-refractivity contribution is 7.89. The van der Waals surface area contributed by atoms with Crippen molar-refractivity contribution < 1.29 is 28.2 Å². The maximum absolute atomic E-state index is 12.4. The summed E-state index contributed by atoms with van der Waals surface area (Å²) in [5.41, 5.74) is -1.91. The van der Waals surface area contributed by atoms with Gasteiger partial charge in [0.05, 0.1) is 19.3 Å². The first-order chi connectivity index (χ1) is 9.28. The van der Waals surface area contributed by atoms with Crippen LogP contribution in [0.4, 0.5) is 0 Å². The molecule has 7 nitrogen and oxygen atoms in total. The Morgan fingerprint density at radius 1 is 1.50 bits per heavy atom. The summed E-state index contributed by atoms with van der Waals surface area (Å²) < 4.78 is 30.2. The van der Waals surface area contributed by atoms with Gasteiger partial charge in [0.2, 0.25) is 10.0 Å². The van der Waals surface area contributed by atoms with Crippen molar-refractivity contribution in [1.82, 2.24) is 4.31 Å². The first-order valence-corrected chi connectivity index (χ1v) is 7.23. The van der Waals surface area contributed by atoms with Crippen LogP contribution in [0.25, 0.3) is 0 Å². The number of hydrogen-bond acceptors (Lipinski definition) is 6. The van der Waals surface area contributed by atoms with E-state index in [1.807, 2.05) is 0 Å². The molecule has 0 fully saturated rings. The zero-order valence-electron chi connectivity index (χ0n) is 11.0. The van der Waals surface area contributed by atoms with E-state index in [1.165, 1.54) is 25.2 Å². The first-order valence-electron chi connectivity index (χ1n) is 5.79. The Labute approximate surface area is 116 Å². The fraction of sp³-hybridized carbons (Fsp3) is 0.417. The van der Waals surface area contributed by atoms with Gasteiger partial charge in [0.1, 0.15) is 10.5 Å². The third-order valence-corrected chi connectivity index (χ3v) is 5.24. The molecule has 0 saturated heterocycles. The number of hydrogen-bond donors (Lipinski definition) is 2. The van der Waals surface area contributed by atoms with Crippen molar-refractivity contribution in [2.24, 2.45) is 0 Å². The summed E-state index contributed by atoms with van der Waals surface area (Å²) in [4.78, 5) is 11.4. The normalized spacial score (nSPS) is 25.0. The van der Waals surface area contributed by atoms with Crippen LogP contribution in [0.5, 0.6) is 0 Å². The molecule has 1 unspecified atom stereocenters. The maximum atomic E-state index is 12.4. The Balaban J connectivity index is 2.84. The average Bonchev–Trinajstić information content (AvgIpc) is 2.44. The molecular weight excluding hydrogens is 286 g/mol. The van der Waals surface area contributed by atoms with Crippen LogP contribution >= 0.6 is 0 Å². The molecule has 0 bridgehead atoms. The van der Waals surface area contributed by atoms with Crippen LogP contribution in [0.1, 0.15) is 15.9 Å². The van der Waals surface area contributed by atoms with Crippen molar-refractivity contribution in [3.8, 4) is 0 Å². The maximum Gasteiger partial charge on any atom is 0.339 e. The van der Waals surface area contributed by atoms with Crippen LogP contribution in [0.3, 0.4) is 0 Å². The number of likely N-dealkylation sites (N-methyl/N-ethyl adjacent to an activating group) is 1. The molecule has 8 heteroatoms. The fourth-order valence-electron chi connectivity index (χ4n) is 2.28. The van der Waals surface area contributed by atoms with Crippen molar-refractivity contribution >= 4 is 16.0 Å². The molecular formula is C12H15NO6S. The Kier molecular flexibility index (Phi) is 3.59. The van der Waals surface area contributed by atoms with Crippen LogP contribution < -0.4 is 0 Å². The van der Waals surface area contributed by atoms with Crippen LogP contribution in [0.15, 0.2) is 23.1 Å². The lowest BCUT2D eigenvalue weighted by Crippen LogP contribution is -2.50. The van der Waals surface area contributed by atoms with Gasteiger partial charge in [-0.3, -0.25) is 0 Å². The Morgan fingerprint density at radius 2 is 2.15 bits per heavy atom. The average molecular weight is 301 g/mol. The van der Waals surface area contributed by atoms with Gasteiger partial charge in [-0.2, -0.15) is 4.31 Å². The zero-order chi connectivity index (χ0) is 15.1. The number of benzene rings is 1. The second-order valence-corrected chi connectivity index (χ2v) is 6.61. The van der Waals surface area contributed by atoms with Crippen molar-refractivity contribution in [2.75, 3.05) is 27.3 Å². The van der Waals surface area contributed by atoms with Gasteiger partial charge in [-0.05, 0) is 6.07 Å². The SMILES string of the molecule is COC(=O)c1cccc2c1S(=O)(=O)N(C)CC2(O)CO. The molecule has 1 aliphatic heterocycles. The molecule has 2 N–H and O–H groups in total. The highest BCUT2D eigenvalue weighted by atomic mass is 32.2. The van der Waals surface area contributed by atoms with Crippen molar-refractivity contribution in [3.63, 3.8) is 0 Å². The highest BCUT2D eigenvalue weighted by Gasteiger charge is 2.45. The molecule has 1 aromatic carbocycles. The molecule has 0 spiro atoms. The van der Waals surface area contributed by atoms with E-state index in [-0.39, 0.29) is 22.6 Å². The van der Waals surface area contributed by atoms with Crippen LogP contribution in [0, 0.1) is 0 Å². The monoisotopic (exact) mass is 301 g/mol. The summed E-state index contributed by atoms with van der Waals surface area (Å²) in [7, 11) is -1.52. The number of ether oxygens (including phenoxy) is 1. The minimum Gasteiger partial charge on any atom is -0.465 e. The van der Waals surface area contributed by atoms with E-state index < -0.39 is 28.2 Å². The number of β-amino-alcohol motifs (C(OH)–C–C–N with tert-alkyl or cyclic N) is 1. The second-order valence-electron chi connectivity index (χ2n) is 4.62. The summed E-state index contributed by atoms with van der Waals surface area (Å²) in [5.74, 6) is -0.819. The lowest BCUT2D eigenvalue weighted by atomic mass is 9.92. The van der Waals surface area contributed by atoms with E-state index in [1.54, 1.807) is 0 Å². The van der Waals surface area contributed by atoms with Crippen molar-refractivity contribution in [1.29, 1.82) is 0 Å². The molecule has 0 aliphatic carbocycles. The summed E-state index contributed by atoms with van der Waals surface area (Å²) in [6, 6.07) is 4.12. The van der Waals surface area contributed by atoms with Crippen LogP contribution in [0.2, 0.25) is 0 Å². The van der Waals surface area contributed by atoms with E-state index in [0.29, 0.717) is 0 Å². The van der Waals surface area contributed by atoms with E-state index >= 15 is 0 Å². The van der Waals surface area contributed by atoms with Crippen LogP contribution in [-0.4, -0.2) is 56.2 Å². The molecule has 0 aromatic heterocycles. The molecule has 1 heterocycles. The predicted molar refractivity (Wildman–Crippen MR) is 68.6 cm³/mol. The minimum absolute atomic E-state index is 0.000926. The van der Waals surface area contributed by atoms with E-state index in [4.69, 9.17) is 0 Å². The van der Waals surface area contributed by atoms with E-state index in [9.17, 15) is 23.4 Å². The summed E-state index contributed by atoms with van der Waals surface area (Å²) in [5, 5.41) is 19.8. The van der Waals surface area contributed by atoms with Crippen LogP contribution in [-0.2, 0) is 20.4 Å². The smallest absolute Gasteiger partial charge is 0.339 e. The predicted octanol–water partition coefficient (Wildman–Crippen LogP) is -0.713. The molecule has 1 atom stereocenters. The fourth-order valence-corrected chi connectivity index (χ4v) is 3.94. The molecule has 1 aromatic rings. The largest absolute Gasteiger partial charge is 0.465 e. The number of fused-ring (bicyclic) bond motifs is 1. The molecule has 0 amide bonds. The molecule has 110 valence electrons. The molecule has 1 aliphatic rings. The summed E-state index contributed by atoms with van der Waals surface area (Å²) in [6.45, 7) is -0.950. The van der Waals surface area contributed by atoms with Crippen molar-refractivity contribution in [2.45, 2.75) is 10.5 Å².